The van der Waals surface area contributed by atoms with Gasteiger partial charge in [0.25, 0.3) is 0 Å². The van der Waals surface area contributed by atoms with Crippen LogP contribution in [0.4, 0.5) is 5.69 Å². The summed E-state index contributed by atoms with van der Waals surface area (Å²) in [7, 11) is 0. The Kier molecular flexibility index (Phi) is 3.84. The van der Waals surface area contributed by atoms with Crippen LogP contribution in [0, 0.1) is 18.0 Å². The molecular formula is C21H17N3O. The van der Waals surface area contributed by atoms with Crippen molar-refractivity contribution in [2.45, 2.75) is 24.7 Å². The summed E-state index contributed by atoms with van der Waals surface area (Å²) < 4.78 is 5.55. The third-order valence-corrected chi connectivity index (χ3v) is 5.35. The zero-order chi connectivity index (χ0) is 17.3. The molecule has 1 aliphatic carbocycles. The van der Waals surface area contributed by atoms with E-state index in [1.807, 2.05) is 30.5 Å². The van der Waals surface area contributed by atoms with Crippen LogP contribution in [-0.2, 0) is 10.2 Å². The van der Waals surface area contributed by atoms with E-state index in [1.54, 1.807) is 0 Å². The van der Waals surface area contributed by atoms with E-state index < -0.39 is 0 Å². The van der Waals surface area contributed by atoms with Gasteiger partial charge in [0.2, 0.25) is 6.19 Å². The minimum absolute atomic E-state index is 0.0557. The molecule has 0 unspecified atom stereocenters. The third kappa shape index (κ3) is 2.61. The van der Waals surface area contributed by atoms with E-state index in [2.05, 4.69) is 28.0 Å². The Hall–Kier alpha value is -2.95. The molecule has 1 aliphatic heterocycles. The Balaban J connectivity index is 1.83. The van der Waals surface area contributed by atoms with Gasteiger partial charge in [-0.15, -0.1) is 0 Å². The fraction of sp³-hybridized carbons (Fsp3) is 0.286. The summed E-state index contributed by atoms with van der Waals surface area (Å²) in [6, 6.07) is 14.0. The molecule has 0 atom stereocenters. The normalized spacial score (nSPS) is 19.4. The van der Waals surface area contributed by atoms with Crippen LogP contribution in [0.15, 0.2) is 47.5 Å². The van der Waals surface area contributed by atoms with Crippen molar-refractivity contribution in [1.82, 2.24) is 0 Å². The lowest BCUT2D eigenvalue weighted by molar-refractivity contribution is 0.0541. The van der Waals surface area contributed by atoms with Gasteiger partial charge >= 0.3 is 0 Å². The van der Waals surface area contributed by atoms with Crippen LogP contribution >= 0.6 is 0 Å². The van der Waals surface area contributed by atoms with Crippen LogP contribution in [0.5, 0.6) is 0 Å². The van der Waals surface area contributed by atoms with Crippen molar-refractivity contribution >= 4 is 11.4 Å². The standard InChI is InChI=1S/C21H17N3O/c1-23-17-4-2-3-15(11-17)16-5-6-19-18(12-16)20(24-14-22)13-21(19)7-9-25-10-8-21/h2-6,11-12H,7-10,13H2. The highest BCUT2D eigenvalue weighted by Gasteiger charge is 2.43. The number of ether oxygens (including phenoxy) is 1. The number of nitriles is 1. The van der Waals surface area contributed by atoms with E-state index in [1.165, 1.54) is 5.56 Å². The maximum atomic E-state index is 9.10. The SMILES string of the molecule is [C-]#[N+]c1cccc(-c2ccc3c(c2)C(=NC#N)CC32CCOCC2)c1. The summed E-state index contributed by atoms with van der Waals surface area (Å²) in [6.07, 6.45) is 4.72. The number of hydrogen-bond donors (Lipinski definition) is 0. The third-order valence-electron chi connectivity index (χ3n) is 5.35. The molecule has 1 spiro atoms. The van der Waals surface area contributed by atoms with Gasteiger partial charge in [0.1, 0.15) is 0 Å². The Morgan fingerprint density at radius 1 is 1.12 bits per heavy atom. The zero-order valence-electron chi connectivity index (χ0n) is 13.8. The van der Waals surface area contributed by atoms with Crippen LogP contribution in [-0.4, -0.2) is 18.9 Å². The Morgan fingerprint density at radius 3 is 2.68 bits per heavy atom. The molecule has 25 heavy (non-hydrogen) atoms. The Labute approximate surface area is 147 Å². The molecule has 1 saturated heterocycles. The molecule has 0 saturated carbocycles. The molecule has 2 aromatic rings. The first kappa shape index (κ1) is 15.6. The molecule has 0 bridgehead atoms. The van der Waals surface area contributed by atoms with Crippen LogP contribution in [0.25, 0.3) is 16.0 Å². The zero-order valence-corrected chi connectivity index (χ0v) is 13.8. The quantitative estimate of drug-likeness (QED) is 0.566. The number of benzene rings is 2. The largest absolute Gasteiger partial charge is 0.381 e. The van der Waals surface area contributed by atoms with Crippen molar-refractivity contribution in [3.05, 3.63) is 65.0 Å². The molecule has 4 nitrogen and oxygen atoms in total. The predicted octanol–water partition coefficient (Wildman–Crippen LogP) is 4.63. The van der Waals surface area contributed by atoms with Gasteiger partial charge in [0, 0.05) is 30.6 Å². The van der Waals surface area contributed by atoms with Gasteiger partial charge in [-0.3, -0.25) is 0 Å². The molecule has 0 amide bonds. The molecule has 2 aliphatic rings. The molecule has 0 radical (unpaired) electrons. The second-order valence-electron chi connectivity index (χ2n) is 6.65. The lowest BCUT2D eigenvalue weighted by Crippen LogP contribution is -2.31. The monoisotopic (exact) mass is 327 g/mol. The number of hydrogen-bond acceptors (Lipinski definition) is 3. The highest BCUT2D eigenvalue weighted by atomic mass is 16.5. The number of rotatable bonds is 1. The number of fused-ring (bicyclic) bond motifs is 2. The predicted molar refractivity (Wildman–Crippen MR) is 96.6 cm³/mol. The summed E-state index contributed by atoms with van der Waals surface area (Å²) in [5, 5.41) is 9.10. The van der Waals surface area contributed by atoms with Gasteiger partial charge in [-0.05, 0) is 41.7 Å². The summed E-state index contributed by atoms with van der Waals surface area (Å²) >= 11 is 0. The van der Waals surface area contributed by atoms with Crippen molar-refractivity contribution in [3.8, 4) is 17.3 Å². The van der Waals surface area contributed by atoms with Gasteiger partial charge in [-0.2, -0.15) is 10.3 Å². The first-order valence-electron chi connectivity index (χ1n) is 8.42. The van der Waals surface area contributed by atoms with Crippen LogP contribution in [0.3, 0.4) is 0 Å². The van der Waals surface area contributed by atoms with Crippen molar-refractivity contribution < 1.29 is 4.74 Å². The molecule has 122 valence electrons. The number of aliphatic imine (C=N–C) groups is 1. The van der Waals surface area contributed by atoms with Crippen LogP contribution in [0.1, 0.15) is 30.4 Å². The second-order valence-corrected chi connectivity index (χ2v) is 6.65. The maximum Gasteiger partial charge on any atom is 0.205 e. The second kappa shape index (κ2) is 6.16. The molecule has 0 N–H and O–H groups in total. The first-order chi connectivity index (χ1) is 12.3. The maximum absolute atomic E-state index is 9.10. The van der Waals surface area contributed by atoms with Gasteiger partial charge < -0.3 is 4.74 Å². The van der Waals surface area contributed by atoms with Crippen molar-refractivity contribution in [3.63, 3.8) is 0 Å². The van der Waals surface area contributed by atoms with Crippen molar-refractivity contribution in [2.75, 3.05) is 13.2 Å². The smallest absolute Gasteiger partial charge is 0.205 e. The topological polar surface area (TPSA) is 49.7 Å². The summed E-state index contributed by atoms with van der Waals surface area (Å²) in [6.45, 7) is 8.72. The van der Waals surface area contributed by atoms with Crippen LogP contribution in [0.2, 0.25) is 0 Å². The fourth-order valence-corrected chi connectivity index (χ4v) is 4.06. The molecule has 2 aromatic carbocycles. The summed E-state index contributed by atoms with van der Waals surface area (Å²) in [5.74, 6) is 0. The highest BCUT2D eigenvalue weighted by molar-refractivity contribution is 6.07. The van der Waals surface area contributed by atoms with Crippen molar-refractivity contribution in [2.24, 2.45) is 4.99 Å². The molecule has 1 heterocycles. The molecular weight excluding hydrogens is 310 g/mol. The van der Waals surface area contributed by atoms with Crippen molar-refractivity contribution in [1.29, 1.82) is 5.26 Å². The van der Waals surface area contributed by atoms with E-state index in [0.29, 0.717) is 5.69 Å². The first-order valence-corrected chi connectivity index (χ1v) is 8.42. The average Bonchev–Trinajstić information content (AvgIpc) is 2.95. The minimum atomic E-state index is 0.0557. The van der Waals surface area contributed by atoms with E-state index in [9.17, 15) is 0 Å². The van der Waals surface area contributed by atoms with E-state index in [-0.39, 0.29) is 5.41 Å². The Morgan fingerprint density at radius 2 is 1.92 bits per heavy atom. The van der Waals surface area contributed by atoms with Gasteiger partial charge in [-0.25, -0.2) is 4.85 Å². The molecule has 4 heteroatoms. The van der Waals surface area contributed by atoms with Crippen LogP contribution < -0.4 is 0 Å². The van der Waals surface area contributed by atoms with Gasteiger partial charge in [-0.1, -0.05) is 30.3 Å². The summed E-state index contributed by atoms with van der Waals surface area (Å²) in [4.78, 5) is 7.63. The molecule has 4 rings (SSSR count). The molecule has 0 aromatic heterocycles. The van der Waals surface area contributed by atoms with E-state index in [0.717, 1.165) is 54.9 Å². The lowest BCUT2D eigenvalue weighted by Gasteiger charge is -2.34. The van der Waals surface area contributed by atoms with Gasteiger partial charge in [0.05, 0.1) is 12.3 Å². The van der Waals surface area contributed by atoms with E-state index in [4.69, 9.17) is 16.6 Å². The highest BCUT2D eigenvalue weighted by Crippen LogP contribution is 2.47. The fourth-order valence-electron chi connectivity index (χ4n) is 4.06. The summed E-state index contributed by atoms with van der Waals surface area (Å²) in [5.41, 5.74) is 6.00. The average molecular weight is 327 g/mol. The molecule has 1 fully saturated rings. The van der Waals surface area contributed by atoms with Gasteiger partial charge in [0.15, 0.2) is 5.69 Å². The minimum Gasteiger partial charge on any atom is -0.381 e. The Bertz CT molecular complexity index is 940. The lowest BCUT2D eigenvalue weighted by atomic mass is 9.75. The van der Waals surface area contributed by atoms with E-state index >= 15 is 0 Å². The number of nitrogens with zero attached hydrogens (tertiary/aromatic N) is 3.